The minimum atomic E-state index is -0.910. The molecule has 8 rings (SSSR count). The van der Waals surface area contributed by atoms with Crippen LogP contribution in [0.1, 0.15) is 24.0 Å². The van der Waals surface area contributed by atoms with Crippen LogP contribution in [0.15, 0.2) is 145 Å². The van der Waals surface area contributed by atoms with Gasteiger partial charge in [0.2, 0.25) is 0 Å². The van der Waals surface area contributed by atoms with Crippen LogP contribution in [0.3, 0.4) is 0 Å². The Labute approximate surface area is 359 Å². The maximum absolute atomic E-state index is 14.5. The van der Waals surface area contributed by atoms with Crippen LogP contribution >= 0.6 is 23.2 Å². The third-order valence-electron chi connectivity index (χ3n) is 11.3. The number of nitrogens with zero attached hydrogens (tertiary/aromatic N) is 6. The molecule has 0 bridgehead atoms. The fourth-order valence-corrected chi connectivity index (χ4v) is 8.60. The third-order valence-corrected chi connectivity index (χ3v) is 11.8. The van der Waals surface area contributed by atoms with E-state index in [9.17, 15) is 19.2 Å². The molecule has 0 N–H and O–H groups in total. The fraction of sp³-hybridized carbons (Fsp3) is 0.261. The monoisotopic (exact) mass is 848 g/mol. The summed E-state index contributed by atoms with van der Waals surface area (Å²) in [5.74, 6) is -1.82. The minimum Gasteiger partial charge on any atom is -0.289 e. The standard InChI is InChI=1S/C46H46Cl2N6O6/c47-37-15-19-39(20-16-37)51-27-29-53(45(51)57,41-13-7-25-49(33-41)31-35-9-3-1-4-10-35)59-43(55)23-24-44(56)60-54(30-28-52(46(54)58)40-21-17-38(48)18-22-40)42-14-8-26-50(34-42)32-36-11-5-2-6-12-36/h1-6,9-24H,7-8,25-34H2/q+2/b24-23-. The van der Waals surface area contributed by atoms with Gasteiger partial charge in [-0.05, 0) is 93.9 Å². The highest BCUT2D eigenvalue weighted by molar-refractivity contribution is 6.31. The number of carbonyl (C=O) groups is 4. The zero-order valence-electron chi connectivity index (χ0n) is 33.1. The van der Waals surface area contributed by atoms with Gasteiger partial charge < -0.3 is 0 Å². The largest absolute Gasteiger partial charge is 0.470 e. The number of anilines is 2. The number of hydrogen-bond donors (Lipinski definition) is 0. The topological polar surface area (TPSA) is 99.7 Å². The first-order valence-corrected chi connectivity index (χ1v) is 20.9. The second kappa shape index (κ2) is 17.9. The van der Waals surface area contributed by atoms with Crippen molar-refractivity contribution in [1.82, 2.24) is 9.80 Å². The summed E-state index contributed by atoms with van der Waals surface area (Å²) in [6.07, 6.45) is 7.17. The van der Waals surface area contributed by atoms with Crippen molar-refractivity contribution < 1.29 is 38.1 Å². The van der Waals surface area contributed by atoms with Crippen LogP contribution in [0, 0.1) is 0 Å². The quantitative estimate of drug-likeness (QED) is 0.104. The van der Waals surface area contributed by atoms with Crippen molar-refractivity contribution in [2.45, 2.75) is 25.9 Å². The lowest BCUT2D eigenvalue weighted by atomic mass is 10.1. The molecule has 0 aromatic heterocycles. The van der Waals surface area contributed by atoms with Gasteiger partial charge >= 0.3 is 24.0 Å². The lowest BCUT2D eigenvalue weighted by Gasteiger charge is -2.34. The van der Waals surface area contributed by atoms with E-state index in [2.05, 4.69) is 34.1 Å². The maximum atomic E-state index is 14.5. The fourth-order valence-electron chi connectivity index (χ4n) is 8.35. The molecule has 2 saturated heterocycles. The molecule has 14 heteroatoms. The van der Waals surface area contributed by atoms with Crippen LogP contribution in [0.25, 0.3) is 0 Å². The van der Waals surface area contributed by atoms with Crippen molar-refractivity contribution in [1.29, 1.82) is 0 Å². The van der Waals surface area contributed by atoms with Crippen molar-refractivity contribution in [3.05, 3.63) is 166 Å². The molecule has 2 atom stereocenters. The van der Waals surface area contributed by atoms with Crippen molar-refractivity contribution in [2.75, 3.05) is 62.2 Å². The lowest BCUT2D eigenvalue weighted by Crippen LogP contribution is -2.54. The van der Waals surface area contributed by atoms with Gasteiger partial charge in [0.05, 0.1) is 26.2 Å². The first kappa shape index (κ1) is 41.1. The Bertz CT molecular complexity index is 2160. The Kier molecular flexibility index (Phi) is 12.3. The van der Waals surface area contributed by atoms with E-state index >= 15 is 0 Å². The maximum Gasteiger partial charge on any atom is 0.470 e. The molecule has 4 amide bonds. The lowest BCUT2D eigenvalue weighted by molar-refractivity contribution is -0.985. The summed E-state index contributed by atoms with van der Waals surface area (Å²) in [5, 5.41) is 1.06. The van der Waals surface area contributed by atoms with Gasteiger partial charge in [-0.1, -0.05) is 83.9 Å². The van der Waals surface area contributed by atoms with Gasteiger partial charge in [-0.25, -0.2) is 19.2 Å². The third kappa shape index (κ3) is 8.80. The zero-order chi connectivity index (χ0) is 41.7. The molecule has 60 heavy (non-hydrogen) atoms. The normalized spacial score (nSPS) is 22.6. The summed E-state index contributed by atoms with van der Waals surface area (Å²) in [6.45, 7) is 4.47. The number of carbonyl (C=O) groups excluding carboxylic acids is 4. The van der Waals surface area contributed by atoms with E-state index in [0.29, 0.717) is 71.8 Å². The van der Waals surface area contributed by atoms with Crippen LogP contribution < -0.4 is 9.80 Å². The molecule has 4 heterocycles. The number of hydroxylamine groups is 6. The first-order valence-electron chi connectivity index (χ1n) is 20.1. The number of quaternary nitrogens is 2. The second-order valence-electron chi connectivity index (χ2n) is 15.3. The smallest absolute Gasteiger partial charge is 0.289 e. The average molecular weight is 850 g/mol. The summed E-state index contributed by atoms with van der Waals surface area (Å²) in [5.41, 5.74) is 4.74. The van der Waals surface area contributed by atoms with E-state index in [1.54, 1.807) is 58.3 Å². The van der Waals surface area contributed by atoms with Crippen LogP contribution in [-0.4, -0.2) is 95.5 Å². The number of halogens is 2. The summed E-state index contributed by atoms with van der Waals surface area (Å²) >= 11 is 12.3. The van der Waals surface area contributed by atoms with Crippen LogP contribution in [0.5, 0.6) is 0 Å². The SMILES string of the molecule is O=C(/C=C\C(=O)O[N+]1(C2=CCCN(Cc3ccccc3)C2)CCN(c2ccc(Cl)cc2)C1=O)O[N+]1(C2=CCCN(Cc3ccccc3)C2)CCN(c2ccc(Cl)cc2)C1=O. The number of rotatable bonds is 12. The number of urea groups is 2. The predicted octanol–water partition coefficient (Wildman–Crippen LogP) is 8.26. The van der Waals surface area contributed by atoms with Gasteiger partial charge in [0.1, 0.15) is 0 Å². The van der Waals surface area contributed by atoms with E-state index in [0.717, 1.165) is 36.4 Å². The van der Waals surface area contributed by atoms with E-state index in [4.69, 9.17) is 32.9 Å². The molecule has 2 fully saturated rings. The molecular formula is C46H46Cl2N6O6+2. The molecule has 4 aromatic rings. The Morgan fingerprint density at radius 1 is 0.550 bits per heavy atom. The van der Waals surface area contributed by atoms with E-state index < -0.39 is 33.3 Å². The van der Waals surface area contributed by atoms with Gasteiger partial charge in [0.15, 0.2) is 24.5 Å². The Morgan fingerprint density at radius 2 is 0.933 bits per heavy atom. The van der Waals surface area contributed by atoms with Crippen LogP contribution in [0.4, 0.5) is 21.0 Å². The Morgan fingerprint density at radius 3 is 1.32 bits per heavy atom. The number of amides is 4. The zero-order valence-corrected chi connectivity index (χ0v) is 34.6. The predicted molar refractivity (Wildman–Crippen MR) is 229 cm³/mol. The highest BCUT2D eigenvalue weighted by Crippen LogP contribution is 2.36. The Hall–Kier alpha value is -5.60. The second-order valence-corrected chi connectivity index (χ2v) is 16.1. The highest BCUT2D eigenvalue weighted by atomic mass is 35.5. The van der Waals surface area contributed by atoms with Crippen LogP contribution in [0.2, 0.25) is 10.0 Å². The summed E-state index contributed by atoms with van der Waals surface area (Å²) in [6, 6.07) is 33.1. The molecule has 12 nitrogen and oxygen atoms in total. The van der Waals surface area contributed by atoms with E-state index in [1.165, 1.54) is 0 Å². The van der Waals surface area contributed by atoms with Crippen molar-refractivity contribution in [2.24, 2.45) is 0 Å². The molecule has 0 radical (unpaired) electrons. The van der Waals surface area contributed by atoms with Gasteiger partial charge in [-0.2, -0.15) is 0 Å². The van der Waals surface area contributed by atoms with Gasteiger partial charge in [0, 0.05) is 59.8 Å². The first-order chi connectivity index (χ1) is 29.1. The summed E-state index contributed by atoms with van der Waals surface area (Å²) < 4.78 is -1.38. The molecule has 0 aliphatic carbocycles. The summed E-state index contributed by atoms with van der Waals surface area (Å²) in [4.78, 5) is 76.6. The Balaban J connectivity index is 1.03. The number of hydrogen-bond acceptors (Lipinski definition) is 8. The number of benzene rings is 4. The average Bonchev–Trinajstić information content (AvgIpc) is 3.77. The van der Waals surface area contributed by atoms with Crippen molar-refractivity contribution >= 4 is 58.6 Å². The minimum absolute atomic E-state index is 0.152. The van der Waals surface area contributed by atoms with Gasteiger partial charge in [-0.3, -0.25) is 29.3 Å². The molecule has 0 spiro atoms. The van der Waals surface area contributed by atoms with E-state index in [-0.39, 0.29) is 26.2 Å². The van der Waals surface area contributed by atoms with Crippen molar-refractivity contribution in [3.63, 3.8) is 0 Å². The van der Waals surface area contributed by atoms with Crippen LogP contribution in [-0.2, 0) is 32.4 Å². The van der Waals surface area contributed by atoms with Gasteiger partial charge in [0.25, 0.3) is 0 Å². The molecular weight excluding hydrogens is 803 g/mol. The van der Waals surface area contributed by atoms with E-state index in [1.807, 2.05) is 48.6 Å². The molecule has 0 saturated carbocycles. The molecule has 308 valence electrons. The highest BCUT2D eigenvalue weighted by Gasteiger charge is 2.57. The van der Waals surface area contributed by atoms with Gasteiger partial charge in [-0.15, -0.1) is 0 Å². The van der Waals surface area contributed by atoms with Crippen molar-refractivity contribution in [3.8, 4) is 0 Å². The molecule has 2 unspecified atom stereocenters. The molecule has 4 aromatic carbocycles. The molecule has 4 aliphatic heterocycles. The summed E-state index contributed by atoms with van der Waals surface area (Å²) in [7, 11) is 0. The molecule has 4 aliphatic rings.